The summed E-state index contributed by atoms with van der Waals surface area (Å²) in [5.74, 6) is 0.127. The lowest BCUT2D eigenvalue weighted by Crippen LogP contribution is -2.33. The minimum atomic E-state index is -0.423. The molecule has 1 spiro atoms. The molecule has 2 fully saturated rings. The molecule has 4 heterocycles. The van der Waals surface area contributed by atoms with Gasteiger partial charge in [0.05, 0.1) is 49.6 Å². The minimum absolute atomic E-state index is 0.0705. The van der Waals surface area contributed by atoms with E-state index >= 15 is 0 Å². The van der Waals surface area contributed by atoms with Gasteiger partial charge >= 0.3 is 0 Å². The predicted molar refractivity (Wildman–Crippen MR) is 84.9 cm³/mol. The number of halogens is 1. The molecule has 0 radical (unpaired) electrons. The molecule has 2 aliphatic rings. The third kappa shape index (κ3) is 3.22. The fourth-order valence-corrected chi connectivity index (χ4v) is 3.36. The first-order chi connectivity index (χ1) is 11.7. The second-order valence-electron chi connectivity index (χ2n) is 6.33. The highest BCUT2D eigenvalue weighted by atomic mass is 19.1. The molecule has 0 N–H and O–H groups in total. The van der Waals surface area contributed by atoms with Crippen LogP contribution in [0.25, 0.3) is 0 Å². The molecule has 7 heteroatoms. The van der Waals surface area contributed by atoms with E-state index in [1.165, 1.54) is 12.4 Å². The summed E-state index contributed by atoms with van der Waals surface area (Å²) in [7, 11) is 0. The number of hydrogen-bond donors (Lipinski definition) is 0. The highest BCUT2D eigenvalue weighted by Gasteiger charge is 2.46. The van der Waals surface area contributed by atoms with Crippen LogP contribution >= 0.6 is 0 Å². The molecular formula is C17H19FN4O2. The van der Waals surface area contributed by atoms with Crippen molar-refractivity contribution in [1.29, 1.82) is 0 Å². The Kier molecular flexibility index (Phi) is 4.12. The van der Waals surface area contributed by atoms with Crippen molar-refractivity contribution < 1.29 is 13.9 Å². The third-order valence-corrected chi connectivity index (χ3v) is 4.57. The summed E-state index contributed by atoms with van der Waals surface area (Å²) in [5.41, 5.74) is 0.707. The molecule has 2 aliphatic heterocycles. The average molecular weight is 330 g/mol. The van der Waals surface area contributed by atoms with Gasteiger partial charge in [-0.05, 0) is 18.6 Å². The van der Waals surface area contributed by atoms with Crippen LogP contribution in [0, 0.1) is 5.82 Å². The zero-order valence-corrected chi connectivity index (χ0v) is 13.3. The molecule has 2 atom stereocenters. The Labute approximate surface area is 139 Å². The van der Waals surface area contributed by atoms with Crippen LogP contribution in [0.2, 0.25) is 0 Å². The molecule has 2 saturated heterocycles. The number of anilines is 1. The lowest BCUT2D eigenvalue weighted by atomic mass is 9.98. The van der Waals surface area contributed by atoms with Gasteiger partial charge in [0.1, 0.15) is 0 Å². The van der Waals surface area contributed by atoms with E-state index < -0.39 is 5.82 Å². The van der Waals surface area contributed by atoms with Crippen molar-refractivity contribution in [3.8, 4) is 0 Å². The first kappa shape index (κ1) is 15.4. The molecule has 0 aliphatic carbocycles. The molecule has 6 nitrogen and oxygen atoms in total. The zero-order valence-electron chi connectivity index (χ0n) is 13.3. The van der Waals surface area contributed by atoms with Gasteiger partial charge in [0.25, 0.3) is 0 Å². The normalized spacial score (nSPS) is 26.4. The molecule has 126 valence electrons. The highest BCUT2D eigenvalue weighted by Crippen LogP contribution is 2.37. The van der Waals surface area contributed by atoms with Crippen molar-refractivity contribution in [1.82, 2.24) is 15.0 Å². The van der Waals surface area contributed by atoms with E-state index in [1.54, 1.807) is 6.20 Å². The Hall–Kier alpha value is -2.12. The molecule has 2 aromatic rings. The van der Waals surface area contributed by atoms with Gasteiger partial charge in [0, 0.05) is 19.2 Å². The van der Waals surface area contributed by atoms with Crippen LogP contribution in [0.5, 0.6) is 0 Å². The Morgan fingerprint density at radius 2 is 2.17 bits per heavy atom. The van der Waals surface area contributed by atoms with E-state index in [1.807, 2.05) is 23.1 Å². The summed E-state index contributed by atoms with van der Waals surface area (Å²) in [5, 5.41) is 0. The van der Waals surface area contributed by atoms with Gasteiger partial charge < -0.3 is 14.4 Å². The zero-order chi connectivity index (χ0) is 16.4. The van der Waals surface area contributed by atoms with Crippen LogP contribution < -0.4 is 4.90 Å². The maximum atomic E-state index is 13.0. The standard InChI is InChI=1S/C17H19FN4O2/c18-13-8-20-16(21-9-13)22-6-4-17(12-22)7-15(11-24-17)23-10-14-3-1-2-5-19-14/h1-3,5,8-9,15H,4,6-7,10-12H2/t15-,17+/m1/s1. The summed E-state index contributed by atoms with van der Waals surface area (Å²) in [6.45, 7) is 2.60. The second kappa shape index (κ2) is 6.41. The van der Waals surface area contributed by atoms with E-state index in [-0.39, 0.29) is 11.7 Å². The summed E-state index contributed by atoms with van der Waals surface area (Å²) >= 11 is 0. The van der Waals surface area contributed by atoms with E-state index in [0.717, 1.165) is 25.1 Å². The number of nitrogens with zero attached hydrogens (tertiary/aromatic N) is 4. The lowest BCUT2D eigenvalue weighted by molar-refractivity contribution is 0.00528. The summed E-state index contributed by atoms with van der Waals surface area (Å²) < 4.78 is 25.0. The largest absolute Gasteiger partial charge is 0.370 e. The number of hydrogen-bond acceptors (Lipinski definition) is 6. The van der Waals surface area contributed by atoms with Crippen LogP contribution in [0.3, 0.4) is 0 Å². The molecule has 0 unspecified atom stereocenters. The molecule has 24 heavy (non-hydrogen) atoms. The van der Waals surface area contributed by atoms with Gasteiger partial charge in [0.15, 0.2) is 5.82 Å². The number of rotatable bonds is 4. The van der Waals surface area contributed by atoms with Crippen LogP contribution in [0.15, 0.2) is 36.8 Å². The SMILES string of the molecule is Fc1cnc(N2CC[C@]3(C[C@@H](OCc4ccccn4)CO3)C2)nc1. The maximum Gasteiger partial charge on any atom is 0.225 e. The molecule has 0 bridgehead atoms. The number of pyridine rings is 1. The van der Waals surface area contributed by atoms with Crippen LogP contribution in [-0.4, -0.2) is 46.4 Å². The van der Waals surface area contributed by atoms with Crippen molar-refractivity contribution in [3.63, 3.8) is 0 Å². The van der Waals surface area contributed by atoms with Gasteiger partial charge in [0.2, 0.25) is 5.95 Å². The first-order valence-corrected chi connectivity index (χ1v) is 8.10. The smallest absolute Gasteiger partial charge is 0.225 e. The van der Waals surface area contributed by atoms with E-state index in [2.05, 4.69) is 15.0 Å². The Bertz CT molecular complexity index is 685. The molecule has 4 rings (SSSR count). The molecular weight excluding hydrogens is 311 g/mol. The molecule has 2 aromatic heterocycles. The maximum absolute atomic E-state index is 13.0. The Morgan fingerprint density at radius 1 is 1.29 bits per heavy atom. The quantitative estimate of drug-likeness (QED) is 0.854. The molecule has 0 aromatic carbocycles. The van der Waals surface area contributed by atoms with Gasteiger partial charge in [-0.3, -0.25) is 4.98 Å². The van der Waals surface area contributed by atoms with Crippen molar-refractivity contribution in [2.45, 2.75) is 31.2 Å². The Balaban J connectivity index is 1.33. The topological polar surface area (TPSA) is 60.4 Å². The highest BCUT2D eigenvalue weighted by molar-refractivity contribution is 5.33. The third-order valence-electron chi connectivity index (χ3n) is 4.57. The van der Waals surface area contributed by atoms with Crippen molar-refractivity contribution in [3.05, 3.63) is 48.3 Å². The average Bonchev–Trinajstić information content (AvgIpc) is 3.22. The lowest BCUT2D eigenvalue weighted by Gasteiger charge is -2.23. The van der Waals surface area contributed by atoms with Crippen molar-refractivity contribution in [2.24, 2.45) is 0 Å². The second-order valence-corrected chi connectivity index (χ2v) is 6.33. The predicted octanol–water partition coefficient (Wildman–Crippen LogP) is 1.97. The van der Waals surface area contributed by atoms with E-state index in [0.29, 0.717) is 25.7 Å². The number of aromatic nitrogens is 3. The van der Waals surface area contributed by atoms with Crippen molar-refractivity contribution in [2.75, 3.05) is 24.6 Å². The minimum Gasteiger partial charge on any atom is -0.370 e. The monoisotopic (exact) mass is 330 g/mol. The van der Waals surface area contributed by atoms with Crippen LogP contribution in [-0.2, 0) is 16.1 Å². The van der Waals surface area contributed by atoms with Crippen LogP contribution in [0.1, 0.15) is 18.5 Å². The Morgan fingerprint density at radius 3 is 2.96 bits per heavy atom. The number of ether oxygens (including phenoxy) is 2. The first-order valence-electron chi connectivity index (χ1n) is 8.10. The van der Waals surface area contributed by atoms with Gasteiger partial charge in [-0.1, -0.05) is 6.07 Å². The molecule has 0 amide bonds. The fourth-order valence-electron chi connectivity index (χ4n) is 3.36. The summed E-state index contributed by atoms with van der Waals surface area (Å²) in [4.78, 5) is 14.4. The van der Waals surface area contributed by atoms with E-state index in [9.17, 15) is 4.39 Å². The van der Waals surface area contributed by atoms with Crippen molar-refractivity contribution >= 4 is 5.95 Å². The summed E-state index contributed by atoms with van der Waals surface area (Å²) in [6, 6.07) is 5.80. The van der Waals surface area contributed by atoms with Gasteiger partial charge in [-0.15, -0.1) is 0 Å². The fraction of sp³-hybridized carbons (Fsp3) is 0.471. The van der Waals surface area contributed by atoms with Gasteiger partial charge in [-0.25, -0.2) is 14.4 Å². The van der Waals surface area contributed by atoms with E-state index in [4.69, 9.17) is 9.47 Å². The van der Waals surface area contributed by atoms with Gasteiger partial charge in [-0.2, -0.15) is 0 Å². The van der Waals surface area contributed by atoms with Crippen LogP contribution in [0.4, 0.5) is 10.3 Å². The summed E-state index contributed by atoms with van der Waals surface area (Å²) in [6.07, 6.45) is 5.97. The molecule has 0 saturated carbocycles.